The van der Waals surface area contributed by atoms with Gasteiger partial charge in [-0.25, -0.2) is 9.50 Å². The second-order valence-corrected chi connectivity index (χ2v) is 7.51. The van der Waals surface area contributed by atoms with Crippen LogP contribution in [-0.2, 0) is 16.0 Å². The normalized spacial score (nSPS) is 28.5. The van der Waals surface area contributed by atoms with Gasteiger partial charge in [0.05, 0.1) is 24.2 Å². The van der Waals surface area contributed by atoms with Crippen LogP contribution in [-0.4, -0.2) is 66.9 Å². The molecule has 0 aromatic carbocycles. The van der Waals surface area contributed by atoms with Gasteiger partial charge in [-0.1, -0.05) is 0 Å². The van der Waals surface area contributed by atoms with E-state index in [2.05, 4.69) is 15.1 Å². The number of hydrogen-bond acceptors (Lipinski definition) is 6. The van der Waals surface area contributed by atoms with E-state index in [1.54, 1.807) is 11.6 Å². The Bertz CT molecular complexity index is 851. The van der Waals surface area contributed by atoms with Crippen LogP contribution in [0.4, 0.5) is 0 Å². The number of ether oxygens (including phenoxy) is 1. The van der Waals surface area contributed by atoms with Crippen molar-refractivity contribution in [3.63, 3.8) is 0 Å². The number of amides is 1. The molecule has 1 aliphatic carbocycles. The predicted octanol–water partition coefficient (Wildman–Crippen LogP) is 0.815. The van der Waals surface area contributed by atoms with Gasteiger partial charge in [-0.05, 0) is 45.6 Å². The van der Waals surface area contributed by atoms with Crippen LogP contribution >= 0.6 is 0 Å². The van der Waals surface area contributed by atoms with Crippen LogP contribution < -0.4 is 0 Å². The van der Waals surface area contributed by atoms with Crippen LogP contribution in [0.25, 0.3) is 5.78 Å². The zero-order valence-corrected chi connectivity index (χ0v) is 15.5. The minimum atomic E-state index is -0.375. The lowest BCUT2D eigenvalue weighted by Crippen LogP contribution is -2.53. The van der Waals surface area contributed by atoms with Gasteiger partial charge in [0.15, 0.2) is 5.82 Å². The lowest BCUT2D eigenvalue weighted by Gasteiger charge is -2.42. The van der Waals surface area contributed by atoms with Crippen molar-refractivity contribution in [2.24, 2.45) is 0 Å². The highest BCUT2D eigenvalue weighted by atomic mass is 16.5. The molecule has 4 rings (SSSR count). The van der Waals surface area contributed by atoms with E-state index in [4.69, 9.17) is 4.74 Å². The molecule has 1 aliphatic heterocycles. The maximum Gasteiger partial charge on any atom is 0.252 e. The number of rotatable bonds is 3. The van der Waals surface area contributed by atoms with Gasteiger partial charge >= 0.3 is 0 Å². The van der Waals surface area contributed by atoms with Crippen LogP contribution in [0.15, 0.2) is 6.07 Å². The van der Waals surface area contributed by atoms with Gasteiger partial charge in [-0.2, -0.15) is 4.98 Å². The number of aromatic nitrogens is 4. The zero-order chi connectivity index (χ0) is 18.5. The van der Waals surface area contributed by atoms with E-state index >= 15 is 0 Å². The summed E-state index contributed by atoms with van der Waals surface area (Å²) in [5.41, 5.74) is 1.49. The number of carbonyl (C=O) groups excluding carboxylic acids is 1. The molecule has 0 bridgehead atoms. The molecule has 8 heteroatoms. The number of aryl methyl sites for hydroxylation is 2. The topological polar surface area (TPSA) is 92.9 Å². The van der Waals surface area contributed by atoms with Gasteiger partial charge in [0, 0.05) is 25.0 Å². The van der Waals surface area contributed by atoms with Gasteiger partial charge in [-0.3, -0.25) is 4.79 Å². The van der Waals surface area contributed by atoms with E-state index in [1.165, 1.54) is 0 Å². The van der Waals surface area contributed by atoms with E-state index in [0.717, 1.165) is 30.7 Å². The van der Waals surface area contributed by atoms with Gasteiger partial charge < -0.3 is 14.7 Å². The third-order valence-corrected chi connectivity index (χ3v) is 5.85. The van der Waals surface area contributed by atoms with Crippen LogP contribution in [0, 0.1) is 13.8 Å². The number of methoxy groups -OCH3 is 1. The molecule has 2 fully saturated rings. The van der Waals surface area contributed by atoms with Crippen molar-refractivity contribution in [2.45, 2.75) is 63.7 Å². The van der Waals surface area contributed by atoms with Crippen molar-refractivity contribution in [3.05, 3.63) is 23.3 Å². The second-order valence-electron chi connectivity index (χ2n) is 7.51. The average molecular weight is 359 g/mol. The first-order valence-corrected chi connectivity index (χ1v) is 9.14. The van der Waals surface area contributed by atoms with Gasteiger partial charge in [0.2, 0.25) is 5.91 Å². The van der Waals surface area contributed by atoms with Crippen molar-refractivity contribution in [1.82, 2.24) is 24.5 Å². The molecule has 1 N–H and O–H groups in total. The maximum absolute atomic E-state index is 12.9. The lowest BCUT2D eigenvalue weighted by atomic mass is 9.79. The number of aliphatic hydroxyl groups is 1. The molecule has 26 heavy (non-hydrogen) atoms. The molecular formula is C18H25N5O3. The fourth-order valence-electron chi connectivity index (χ4n) is 4.49. The highest BCUT2D eigenvalue weighted by molar-refractivity contribution is 5.79. The Morgan fingerprint density at radius 2 is 2.19 bits per heavy atom. The van der Waals surface area contributed by atoms with E-state index in [9.17, 15) is 9.90 Å². The molecule has 2 aromatic heterocycles. The van der Waals surface area contributed by atoms with E-state index in [0.29, 0.717) is 24.6 Å². The highest BCUT2D eigenvalue weighted by Crippen LogP contribution is 2.42. The van der Waals surface area contributed by atoms with Crippen molar-refractivity contribution < 1.29 is 14.6 Å². The monoisotopic (exact) mass is 359 g/mol. The zero-order valence-electron chi connectivity index (χ0n) is 15.5. The largest absolute Gasteiger partial charge is 0.393 e. The Morgan fingerprint density at radius 3 is 2.96 bits per heavy atom. The number of hydrogen-bond donors (Lipinski definition) is 1. The minimum Gasteiger partial charge on any atom is -0.393 e. The Balaban J connectivity index is 1.56. The molecule has 140 valence electrons. The van der Waals surface area contributed by atoms with Crippen molar-refractivity contribution >= 4 is 11.7 Å². The van der Waals surface area contributed by atoms with Crippen LogP contribution in [0.3, 0.4) is 0 Å². The van der Waals surface area contributed by atoms with E-state index in [-0.39, 0.29) is 30.1 Å². The molecule has 0 radical (unpaired) electrons. The summed E-state index contributed by atoms with van der Waals surface area (Å²) >= 11 is 0. The molecule has 2 aromatic rings. The third-order valence-electron chi connectivity index (χ3n) is 5.85. The molecule has 3 heterocycles. The van der Waals surface area contributed by atoms with E-state index < -0.39 is 0 Å². The first kappa shape index (κ1) is 17.4. The fraction of sp³-hybridized carbons (Fsp3) is 0.667. The maximum atomic E-state index is 12.9. The Kier molecular flexibility index (Phi) is 4.19. The molecular weight excluding hydrogens is 334 g/mol. The van der Waals surface area contributed by atoms with Gasteiger partial charge in [0.25, 0.3) is 5.78 Å². The summed E-state index contributed by atoms with van der Waals surface area (Å²) in [4.78, 5) is 23.6. The lowest BCUT2D eigenvalue weighted by molar-refractivity contribution is -0.139. The number of carbonyl (C=O) groups is 1. The van der Waals surface area contributed by atoms with Crippen LogP contribution in [0.2, 0.25) is 0 Å². The number of nitrogens with zero attached hydrogens (tertiary/aromatic N) is 5. The van der Waals surface area contributed by atoms with Crippen LogP contribution in [0.1, 0.15) is 42.9 Å². The standard InChI is InChI=1S/C18H25N5O3/c1-11-8-12(2)23-17(19-11)20-15(21-23)10-16(25)22-7-6-18(26-3)5-4-13(24)9-14(18)22/h8,13-14,24H,4-7,9-10H2,1-3H3/t13-,14-,18+/m0/s1. The Hall–Kier alpha value is -2.06. The second kappa shape index (κ2) is 6.28. The summed E-state index contributed by atoms with van der Waals surface area (Å²) < 4.78 is 7.48. The summed E-state index contributed by atoms with van der Waals surface area (Å²) in [5.74, 6) is 0.974. The summed E-state index contributed by atoms with van der Waals surface area (Å²) in [6.07, 6.45) is 2.65. The number of aliphatic hydroxyl groups excluding tert-OH is 1. The minimum absolute atomic E-state index is 0.0201. The third kappa shape index (κ3) is 2.77. The molecule has 0 spiro atoms. The van der Waals surface area contributed by atoms with Crippen LogP contribution in [0.5, 0.6) is 0 Å². The molecule has 2 aliphatic rings. The van der Waals surface area contributed by atoms with Crippen molar-refractivity contribution in [1.29, 1.82) is 0 Å². The fourth-order valence-corrected chi connectivity index (χ4v) is 4.49. The van der Waals surface area contributed by atoms with Crippen molar-refractivity contribution in [3.8, 4) is 0 Å². The highest BCUT2D eigenvalue weighted by Gasteiger charge is 2.52. The number of likely N-dealkylation sites (tertiary alicyclic amines) is 1. The molecule has 3 atom stereocenters. The Morgan fingerprint density at radius 1 is 1.38 bits per heavy atom. The summed E-state index contributed by atoms with van der Waals surface area (Å²) in [6, 6.07) is 1.85. The molecule has 1 amide bonds. The number of fused-ring (bicyclic) bond motifs is 2. The molecule has 1 saturated heterocycles. The molecule has 1 saturated carbocycles. The van der Waals surface area contributed by atoms with E-state index in [1.807, 2.05) is 24.8 Å². The SMILES string of the molecule is CO[C@@]12CC[C@H](O)C[C@@H]1N(C(=O)Cc1nc3nc(C)cc(C)n3n1)CC2. The molecule has 8 nitrogen and oxygen atoms in total. The van der Waals surface area contributed by atoms with Crippen molar-refractivity contribution in [2.75, 3.05) is 13.7 Å². The first-order valence-electron chi connectivity index (χ1n) is 9.14. The summed E-state index contributed by atoms with van der Waals surface area (Å²) in [7, 11) is 1.71. The smallest absolute Gasteiger partial charge is 0.252 e. The molecule has 0 unspecified atom stereocenters. The average Bonchev–Trinajstić information content (AvgIpc) is 3.16. The van der Waals surface area contributed by atoms with Gasteiger partial charge in [0.1, 0.15) is 0 Å². The predicted molar refractivity (Wildman–Crippen MR) is 93.7 cm³/mol. The quantitative estimate of drug-likeness (QED) is 0.872. The first-order chi connectivity index (χ1) is 12.4. The van der Waals surface area contributed by atoms with Gasteiger partial charge in [-0.15, -0.1) is 5.10 Å². The Labute approximate surface area is 152 Å². The summed E-state index contributed by atoms with van der Waals surface area (Å²) in [6.45, 7) is 4.50. The summed E-state index contributed by atoms with van der Waals surface area (Å²) in [5, 5.41) is 14.5.